The van der Waals surface area contributed by atoms with Gasteiger partial charge in [0.2, 0.25) is 0 Å². The molecule has 68 valence electrons. The Balaban J connectivity index is 2.83. The number of nitrogens with zero attached hydrogens (tertiary/aromatic N) is 4. The topological polar surface area (TPSA) is 61.7 Å². The second-order valence-corrected chi connectivity index (χ2v) is 3.06. The van der Waals surface area contributed by atoms with Gasteiger partial charge in [0.15, 0.2) is 0 Å². The Morgan fingerprint density at radius 3 is 2.93 bits per heavy atom. The normalized spacial score (nSPS) is 9.79. The molecule has 1 heterocycles. The largest absolute Gasteiger partial charge is 0.236 e. The fourth-order valence-corrected chi connectivity index (χ4v) is 1.38. The van der Waals surface area contributed by atoms with Crippen LogP contribution in [0.25, 0.3) is 21.3 Å². The van der Waals surface area contributed by atoms with Crippen LogP contribution < -0.4 is 0 Å². The zero-order valence-electron chi connectivity index (χ0n) is 7.05. The highest BCUT2D eigenvalue weighted by atomic mass is 35.5. The SMILES string of the molecule is [N-]=[N+]=Nc1cccc2ccc(Cl)nc12. The van der Waals surface area contributed by atoms with Crippen molar-refractivity contribution in [3.63, 3.8) is 0 Å². The highest BCUT2D eigenvalue weighted by Gasteiger charge is 2.00. The van der Waals surface area contributed by atoms with E-state index >= 15 is 0 Å². The van der Waals surface area contributed by atoms with Crippen LogP contribution >= 0.6 is 11.6 Å². The highest BCUT2D eigenvalue weighted by molar-refractivity contribution is 6.29. The summed E-state index contributed by atoms with van der Waals surface area (Å²) in [6, 6.07) is 8.92. The van der Waals surface area contributed by atoms with E-state index in [0.717, 1.165) is 5.39 Å². The number of rotatable bonds is 1. The third-order valence-electron chi connectivity index (χ3n) is 1.82. The van der Waals surface area contributed by atoms with Gasteiger partial charge in [-0.15, -0.1) is 0 Å². The smallest absolute Gasteiger partial charge is 0.129 e. The Labute approximate surface area is 84.8 Å². The molecule has 1 aromatic heterocycles. The van der Waals surface area contributed by atoms with Crippen LogP contribution in [0.3, 0.4) is 0 Å². The average molecular weight is 205 g/mol. The summed E-state index contributed by atoms with van der Waals surface area (Å²) in [5.74, 6) is 0. The molecule has 0 atom stereocenters. The molecule has 0 aliphatic carbocycles. The molecular formula is C9H5ClN4. The summed E-state index contributed by atoms with van der Waals surface area (Å²) in [5, 5.41) is 4.82. The van der Waals surface area contributed by atoms with Crippen LogP contribution in [0, 0.1) is 0 Å². The summed E-state index contributed by atoms with van der Waals surface area (Å²) < 4.78 is 0. The van der Waals surface area contributed by atoms with Gasteiger partial charge in [-0.1, -0.05) is 34.9 Å². The Bertz CT molecular complexity index is 531. The zero-order chi connectivity index (χ0) is 9.97. The summed E-state index contributed by atoms with van der Waals surface area (Å²) in [4.78, 5) is 6.82. The van der Waals surface area contributed by atoms with Crippen LogP contribution in [0.15, 0.2) is 35.4 Å². The third kappa shape index (κ3) is 1.48. The second-order valence-electron chi connectivity index (χ2n) is 2.67. The van der Waals surface area contributed by atoms with E-state index in [0.29, 0.717) is 16.4 Å². The van der Waals surface area contributed by atoms with Crippen molar-refractivity contribution in [2.45, 2.75) is 0 Å². The third-order valence-corrected chi connectivity index (χ3v) is 2.03. The van der Waals surface area contributed by atoms with Gasteiger partial charge in [0, 0.05) is 10.3 Å². The van der Waals surface area contributed by atoms with Gasteiger partial charge >= 0.3 is 0 Å². The zero-order valence-corrected chi connectivity index (χ0v) is 7.81. The lowest BCUT2D eigenvalue weighted by Crippen LogP contribution is -1.79. The molecule has 2 aromatic rings. The van der Waals surface area contributed by atoms with E-state index in [1.54, 1.807) is 12.1 Å². The molecule has 5 heteroatoms. The Morgan fingerprint density at radius 2 is 2.14 bits per heavy atom. The second kappa shape index (κ2) is 3.54. The van der Waals surface area contributed by atoms with Gasteiger partial charge in [0.05, 0.1) is 11.2 Å². The molecule has 0 unspecified atom stereocenters. The minimum atomic E-state index is 0.387. The monoisotopic (exact) mass is 204 g/mol. The van der Waals surface area contributed by atoms with Crippen molar-refractivity contribution in [2.24, 2.45) is 5.11 Å². The van der Waals surface area contributed by atoms with Gasteiger partial charge in [-0.25, -0.2) is 4.98 Å². The van der Waals surface area contributed by atoms with E-state index in [-0.39, 0.29) is 0 Å². The number of hydrogen-bond donors (Lipinski definition) is 0. The number of azide groups is 1. The van der Waals surface area contributed by atoms with Crippen molar-refractivity contribution in [1.82, 2.24) is 4.98 Å². The van der Waals surface area contributed by atoms with Crippen molar-refractivity contribution >= 4 is 28.2 Å². The van der Waals surface area contributed by atoms with Crippen molar-refractivity contribution in [1.29, 1.82) is 0 Å². The van der Waals surface area contributed by atoms with Gasteiger partial charge < -0.3 is 0 Å². The predicted molar refractivity (Wildman–Crippen MR) is 55.6 cm³/mol. The molecule has 0 saturated heterocycles. The number of para-hydroxylation sites is 1. The molecule has 0 bridgehead atoms. The number of benzene rings is 1. The van der Waals surface area contributed by atoms with Gasteiger partial charge in [0.1, 0.15) is 5.15 Å². The first-order chi connectivity index (χ1) is 6.81. The maximum Gasteiger partial charge on any atom is 0.129 e. The first-order valence-corrected chi connectivity index (χ1v) is 4.29. The fraction of sp³-hybridized carbons (Fsp3) is 0. The average Bonchev–Trinajstić information content (AvgIpc) is 2.19. The van der Waals surface area contributed by atoms with Gasteiger partial charge in [-0.2, -0.15) is 0 Å². The van der Waals surface area contributed by atoms with Crippen molar-refractivity contribution < 1.29 is 0 Å². The molecule has 0 N–H and O–H groups in total. The standard InChI is InChI=1S/C9H5ClN4/c10-8-5-4-6-2-1-3-7(13-14-11)9(6)12-8/h1-5H. The number of halogens is 1. The fourth-order valence-electron chi connectivity index (χ4n) is 1.24. The van der Waals surface area contributed by atoms with E-state index in [1.807, 2.05) is 18.2 Å². The van der Waals surface area contributed by atoms with E-state index in [1.165, 1.54) is 0 Å². The summed E-state index contributed by atoms with van der Waals surface area (Å²) in [7, 11) is 0. The maximum absolute atomic E-state index is 8.35. The van der Waals surface area contributed by atoms with Crippen molar-refractivity contribution in [2.75, 3.05) is 0 Å². The summed E-state index contributed by atoms with van der Waals surface area (Å²) >= 11 is 5.74. The van der Waals surface area contributed by atoms with Crippen LogP contribution in [-0.4, -0.2) is 4.98 Å². The number of fused-ring (bicyclic) bond motifs is 1. The van der Waals surface area contributed by atoms with Crippen LogP contribution in [0.2, 0.25) is 5.15 Å². The molecule has 0 fully saturated rings. The van der Waals surface area contributed by atoms with Crippen molar-refractivity contribution in [3.05, 3.63) is 45.9 Å². The lowest BCUT2D eigenvalue weighted by Gasteiger charge is -1.99. The maximum atomic E-state index is 8.35. The van der Waals surface area contributed by atoms with Crippen molar-refractivity contribution in [3.8, 4) is 0 Å². The van der Waals surface area contributed by atoms with Crippen LogP contribution in [0.5, 0.6) is 0 Å². The molecule has 0 radical (unpaired) electrons. The first-order valence-electron chi connectivity index (χ1n) is 3.91. The molecule has 0 saturated carbocycles. The van der Waals surface area contributed by atoms with Crippen LogP contribution in [0.1, 0.15) is 0 Å². The van der Waals surface area contributed by atoms with E-state index in [9.17, 15) is 0 Å². The number of pyridine rings is 1. The van der Waals surface area contributed by atoms with Gasteiger partial charge in [-0.3, -0.25) is 0 Å². The molecule has 0 spiro atoms. The van der Waals surface area contributed by atoms with E-state index in [2.05, 4.69) is 15.0 Å². The van der Waals surface area contributed by atoms with Gasteiger partial charge in [0.25, 0.3) is 0 Å². The van der Waals surface area contributed by atoms with E-state index < -0.39 is 0 Å². The van der Waals surface area contributed by atoms with Crippen LogP contribution in [0.4, 0.5) is 5.69 Å². The van der Waals surface area contributed by atoms with Gasteiger partial charge in [-0.05, 0) is 17.7 Å². The van der Waals surface area contributed by atoms with E-state index in [4.69, 9.17) is 17.1 Å². The predicted octanol–water partition coefficient (Wildman–Crippen LogP) is 3.83. The molecular weight excluding hydrogens is 200 g/mol. The minimum Gasteiger partial charge on any atom is -0.236 e. The first kappa shape index (κ1) is 8.81. The lowest BCUT2D eigenvalue weighted by atomic mass is 10.2. The molecule has 2 rings (SSSR count). The number of aromatic nitrogens is 1. The lowest BCUT2D eigenvalue weighted by molar-refractivity contribution is 1.38. The molecule has 0 aliphatic rings. The number of hydrogen-bond acceptors (Lipinski definition) is 2. The van der Waals surface area contributed by atoms with Crippen LogP contribution in [-0.2, 0) is 0 Å². The Hall–Kier alpha value is -1.77. The molecule has 14 heavy (non-hydrogen) atoms. The Morgan fingerprint density at radius 1 is 1.29 bits per heavy atom. The molecule has 1 aromatic carbocycles. The molecule has 4 nitrogen and oxygen atoms in total. The Kier molecular flexibility index (Phi) is 2.23. The summed E-state index contributed by atoms with van der Waals surface area (Å²) in [5.41, 5.74) is 9.46. The quantitative estimate of drug-likeness (QED) is 0.301. The molecule has 0 aliphatic heterocycles. The highest BCUT2D eigenvalue weighted by Crippen LogP contribution is 2.25. The molecule has 0 amide bonds. The minimum absolute atomic E-state index is 0.387. The summed E-state index contributed by atoms with van der Waals surface area (Å²) in [6.45, 7) is 0. The summed E-state index contributed by atoms with van der Waals surface area (Å²) in [6.07, 6.45) is 0.